The lowest BCUT2D eigenvalue weighted by molar-refractivity contribution is -0.0625. The quantitative estimate of drug-likeness (QED) is 0.0636. The number of methoxy groups -OCH3 is 1. The standard InChI is InChI=1S/C28H33N8O12PS/c1-13-22(41)15(14(8-37)6-29-13)7-30-25-21-26(32-11-31-25)36(12-33-21)20-5-16(39)18(46-20)10-45-49(43,50)48-23-17(9-38)47-27(24(23)44-2)35-4-3-19(40)34-28(35)42/h3-4,6-7,11-12,16-18,20,23-24,27,37-39,41H,5,8-10H2,1-2H3,(H,43,50)(H,34,40,42)/b30-7-/t16-,17?,18?,20-,23?,24?,27?,49?/m1/s1. The Hall–Kier alpha value is -3.89. The summed E-state index contributed by atoms with van der Waals surface area (Å²) in [5.74, 6) is 0.0289. The van der Waals surface area contributed by atoms with E-state index in [9.17, 15) is 34.6 Å². The van der Waals surface area contributed by atoms with Gasteiger partial charge in [-0.15, -0.1) is 0 Å². The molecule has 6 unspecified atom stereocenters. The second-order valence-corrected chi connectivity index (χ2v) is 14.2. The van der Waals surface area contributed by atoms with Crippen LogP contribution in [0.5, 0.6) is 5.75 Å². The van der Waals surface area contributed by atoms with Crippen LogP contribution in [0.1, 0.15) is 35.7 Å². The van der Waals surface area contributed by atoms with E-state index in [1.54, 1.807) is 11.5 Å². The Labute approximate surface area is 287 Å². The Morgan fingerprint density at radius 2 is 1.96 bits per heavy atom. The number of fused-ring (bicyclic) bond motifs is 1. The average molecular weight is 737 g/mol. The number of rotatable bonds is 12. The predicted octanol–water partition coefficient (Wildman–Crippen LogP) is 0.0212. The van der Waals surface area contributed by atoms with Gasteiger partial charge < -0.3 is 34.6 Å². The number of aliphatic imine (C=N–C) groups is 1. The van der Waals surface area contributed by atoms with Gasteiger partial charge in [0.25, 0.3) is 5.56 Å². The van der Waals surface area contributed by atoms with E-state index in [0.29, 0.717) is 16.9 Å². The molecule has 268 valence electrons. The molecule has 2 aliphatic rings. The van der Waals surface area contributed by atoms with E-state index in [1.165, 1.54) is 38.4 Å². The molecular weight excluding hydrogens is 703 g/mol. The van der Waals surface area contributed by atoms with Gasteiger partial charge in [0.2, 0.25) is 0 Å². The van der Waals surface area contributed by atoms with E-state index in [0.717, 1.165) is 10.6 Å². The van der Waals surface area contributed by atoms with Crippen molar-refractivity contribution in [2.24, 2.45) is 4.99 Å². The van der Waals surface area contributed by atoms with Gasteiger partial charge >= 0.3 is 12.5 Å². The zero-order chi connectivity index (χ0) is 35.7. The van der Waals surface area contributed by atoms with Gasteiger partial charge in [-0.05, 0) is 6.92 Å². The van der Waals surface area contributed by atoms with Crippen molar-refractivity contribution < 1.29 is 48.2 Å². The van der Waals surface area contributed by atoms with Gasteiger partial charge in [0.15, 0.2) is 23.2 Å². The fraction of sp³-hybridized carbons (Fsp3) is 0.464. The number of H-pyrrole nitrogens is 1. The van der Waals surface area contributed by atoms with Crippen LogP contribution in [0.2, 0.25) is 0 Å². The highest BCUT2D eigenvalue weighted by molar-refractivity contribution is 8.44. The molecule has 5 N–H and O–H groups in total. The minimum atomic E-state index is -4.24. The number of hydrogen-bond donors (Lipinski definition) is 6. The summed E-state index contributed by atoms with van der Waals surface area (Å²) in [6, 6.07) is 1.10. The molecule has 6 rings (SSSR count). The number of nitrogens with zero attached hydrogens (tertiary/aromatic N) is 7. The molecule has 4 aromatic heterocycles. The molecule has 0 radical (unpaired) electrons. The average Bonchev–Trinajstić information content (AvgIpc) is 3.79. The number of aliphatic hydroxyl groups is 3. The van der Waals surface area contributed by atoms with Crippen molar-refractivity contribution in [2.45, 2.75) is 62.9 Å². The number of pyridine rings is 1. The summed E-state index contributed by atoms with van der Waals surface area (Å²) in [5.41, 5.74) is 0.176. The fourth-order valence-electron chi connectivity index (χ4n) is 5.67. The first kappa shape index (κ1) is 35.9. The molecule has 0 amide bonds. The van der Waals surface area contributed by atoms with Crippen molar-refractivity contribution in [1.82, 2.24) is 34.1 Å². The van der Waals surface area contributed by atoms with Crippen LogP contribution < -0.4 is 11.2 Å². The number of nitrogens with one attached hydrogen (secondary N) is 1. The van der Waals surface area contributed by atoms with Gasteiger partial charge in [-0.2, -0.15) is 0 Å². The molecule has 2 saturated heterocycles. The summed E-state index contributed by atoms with van der Waals surface area (Å²) in [4.78, 5) is 47.2. The second-order valence-electron chi connectivity index (χ2n) is 11.3. The topological polar surface area (TPSA) is 268 Å². The highest BCUT2D eigenvalue weighted by Crippen LogP contribution is 2.56. The zero-order valence-electron chi connectivity index (χ0n) is 26.4. The molecule has 0 saturated carbocycles. The van der Waals surface area contributed by atoms with Crippen LogP contribution in [-0.4, -0.2) is 112 Å². The monoisotopic (exact) mass is 736 g/mol. The van der Waals surface area contributed by atoms with E-state index >= 15 is 0 Å². The lowest BCUT2D eigenvalue weighted by atomic mass is 10.1. The van der Waals surface area contributed by atoms with Gasteiger partial charge in [0.1, 0.15) is 42.7 Å². The molecule has 6 heterocycles. The molecule has 0 aromatic carbocycles. The number of aliphatic hydroxyl groups excluding tert-OH is 3. The molecule has 50 heavy (non-hydrogen) atoms. The molecule has 2 fully saturated rings. The van der Waals surface area contributed by atoms with Crippen LogP contribution >= 0.6 is 19.0 Å². The number of aromatic hydroxyl groups is 1. The summed E-state index contributed by atoms with van der Waals surface area (Å²) >= 11 is 4.07. The Morgan fingerprint density at radius 1 is 1.16 bits per heavy atom. The molecule has 0 bridgehead atoms. The molecule has 20 nitrogen and oxygen atoms in total. The van der Waals surface area contributed by atoms with E-state index in [1.807, 2.05) is 0 Å². The van der Waals surface area contributed by atoms with Crippen molar-refractivity contribution in [2.75, 3.05) is 20.3 Å². The Morgan fingerprint density at radius 3 is 2.68 bits per heavy atom. The molecular formula is C28H33N8O12PS. The molecule has 2 aliphatic heterocycles. The van der Waals surface area contributed by atoms with Crippen molar-refractivity contribution >= 4 is 42.2 Å². The third-order valence-electron chi connectivity index (χ3n) is 8.22. The Kier molecular flexibility index (Phi) is 10.6. The first-order valence-corrected chi connectivity index (χ1v) is 17.7. The normalized spacial score (nSPS) is 26.6. The highest BCUT2D eigenvalue weighted by Gasteiger charge is 2.50. The number of ether oxygens (including phenoxy) is 3. The number of aryl methyl sites for hydroxylation is 1. The SMILES string of the molecule is COC1C(OP(=O)(S)OCC2O[C@@H](n3cnc4c(/N=C\c5c(CO)cnc(C)c5O)ncnc43)C[C@H]2O)C(CO)OC1n1ccc(=O)[nH]c1=O. The van der Waals surface area contributed by atoms with E-state index in [2.05, 4.69) is 42.2 Å². The summed E-state index contributed by atoms with van der Waals surface area (Å²) in [7, 11) is 1.29. The van der Waals surface area contributed by atoms with Crippen molar-refractivity contribution in [3.63, 3.8) is 0 Å². The fourth-order valence-corrected chi connectivity index (χ4v) is 7.15. The van der Waals surface area contributed by atoms with E-state index in [4.69, 9.17) is 23.3 Å². The van der Waals surface area contributed by atoms with Gasteiger partial charge in [-0.1, -0.05) is 12.2 Å². The predicted molar refractivity (Wildman–Crippen MR) is 174 cm³/mol. The largest absolute Gasteiger partial charge is 0.505 e. The van der Waals surface area contributed by atoms with Gasteiger partial charge in [-0.25, -0.2) is 29.3 Å². The van der Waals surface area contributed by atoms with Crippen molar-refractivity contribution in [3.05, 3.63) is 68.8 Å². The van der Waals surface area contributed by atoms with Gasteiger partial charge in [0, 0.05) is 49.3 Å². The lowest BCUT2D eigenvalue weighted by Crippen LogP contribution is -2.39. The molecule has 0 aliphatic carbocycles. The van der Waals surface area contributed by atoms with Crippen molar-refractivity contribution in [1.29, 1.82) is 0 Å². The number of hydrogen-bond acceptors (Lipinski definition) is 17. The highest BCUT2D eigenvalue weighted by atomic mass is 32.7. The molecule has 22 heteroatoms. The maximum absolute atomic E-state index is 13.4. The summed E-state index contributed by atoms with van der Waals surface area (Å²) in [5, 5.41) is 40.8. The van der Waals surface area contributed by atoms with E-state index < -0.39 is 74.2 Å². The minimum absolute atomic E-state index is 0.0776. The number of imidazole rings is 1. The van der Waals surface area contributed by atoms with Crippen LogP contribution in [0, 0.1) is 6.92 Å². The van der Waals surface area contributed by atoms with Crippen LogP contribution in [0.4, 0.5) is 5.82 Å². The van der Waals surface area contributed by atoms with Crippen LogP contribution in [0.15, 0.2) is 45.7 Å². The third kappa shape index (κ3) is 7.15. The third-order valence-corrected chi connectivity index (χ3v) is 9.83. The number of thiol groups is 1. The molecule has 4 aromatic rings. The Balaban J connectivity index is 1.13. The van der Waals surface area contributed by atoms with E-state index in [-0.39, 0.29) is 35.7 Å². The Bertz CT molecular complexity index is 2060. The molecule has 0 spiro atoms. The van der Waals surface area contributed by atoms with Gasteiger partial charge in [0.05, 0.1) is 37.9 Å². The number of aromatic amines is 1. The van der Waals surface area contributed by atoms with Crippen LogP contribution in [-0.2, 0) is 34.4 Å². The maximum Gasteiger partial charge on any atom is 0.386 e. The molecule has 8 atom stereocenters. The van der Waals surface area contributed by atoms with Gasteiger partial charge in [-0.3, -0.25) is 32.9 Å². The van der Waals surface area contributed by atoms with Crippen LogP contribution in [0.25, 0.3) is 11.2 Å². The lowest BCUT2D eigenvalue weighted by Gasteiger charge is -2.26. The first-order chi connectivity index (χ1) is 23.9. The van der Waals surface area contributed by atoms with Crippen LogP contribution in [0.3, 0.4) is 0 Å². The minimum Gasteiger partial charge on any atom is -0.505 e. The number of aromatic nitrogens is 7. The first-order valence-electron chi connectivity index (χ1n) is 15.0. The summed E-state index contributed by atoms with van der Waals surface area (Å²) in [6.07, 6.45) is -0.704. The zero-order valence-corrected chi connectivity index (χ0v) is 28.2. The maximum atomic E-state index is 13.4. The summed E-state index contributed by atoms with van der Waals surface area (Å²) in [6.45, 7) is -4.03. The second kappa shape index (κ2) is 14.8. The summed E-state index contributed by atoms with van der Waals surface area (Å²) < 4.78 is 44.3. The smallest absolute Gasteiger partial charge is 0.386 e. The van der Waals surface area contributed by atoms with Crippen molar-refractivity contribution in [3.8, 4) is 5.75 Å².